The van der Waals surface area contributed by atoms with E-state index in [9.17, 15) is 43.2 Å². The summed E-state index contributed by atoms with van der Waals surface area (Å²) >= 11 is 0. The minimum atomic E-state index is -4.59. The van der Waals surface area contributed by atoms with Crippen LogP contribution >= 0.6 is 0 Å². The lowest BCUT2D eigenvalue weighted by atomic mass is 9.97. The van der Waals surface area contributed by atoms with Crippen LogP contribution in [0.2, 0.25) is 0 Å². The van der Waals surface area contributed by atoms with Gasteiger partial charge in [0.25, 0.3) is 0 Å². The van der Waals surface area contributed by atoms with Crippen molar-refractivity contribution >= 4 is 42.3 Å². The van der Waals surface area contributed by atoms with E-state index in [-0.39, 0.29) is 22.8 Å². The highest BCUT2D eigenvalue weighted by Gasteiger charge is 2.42. The van der Waals surface area contributed by atoms with E-state index in [4.69, 9.17) is 11.5 Å². The summed E-state index contributed by atoms with van der Waals surface area (Å²) in [5.41, 5.74) is 15.8. The van der Waals surface area contributed by atoms with Gasteiger partial charge in [0.15, 0.2) is 17.3 Å². The molecule has 0 saturated carbocycles. The number of aromatic amines is 1. The number of imidazole rings is 1. The summed E-state index contributed by atoms with van der Waals surface area (Å²) < 4.78 is 129. The van der Waals surface area contributed by atoms with E-state index < -0.39 is 68.2 Å². The smallest absolute Gasteiger partial charge is 0.395 e. The maximum Gasteiger partial charge on any atom is 0.395 e. The Balaban J connectivity index is 0.000000204. The molecule has 7 aromatic heterocycles. The Bertz CT molecular complexity index is 2840. The molecule has 0 aromatic carbocycles. The number of hydrogen-bond donors (Lipinski definition) is 3. The molecule has 61 heavy (non-hydrogen) atoms. The van der Waals surface area contributed by atoms with Crippen LogP contribution in [0.4, 0.5) is 37.8 Å². The number of pyridine rings is 4. The number of nitrogens with one attached hydrogen (secondary N) is 1. The summed E-state index contributed by atoms with van der Waals surface area (Å²) in [5, 5.41) is 8.41. The highest BCUT2D eigenvalue weighted by Crippen LogP contribution is 2.39. The molecule has 7 rings (SSSR count). The Kier molecular flexibility index (Phi) is 12.5. The van der Waals surface area contributed by atoms with Crippen LogP contribution in [0.1, 0.15) is 35.8 Å². The van der Waals surface area contributed by atoms with Crippen LogP contribution < -0.4 is 11.5 Å². The number of sulfone groups is 2. The number of nitrogen functional groups attached to an aromatic ring is 2. The van der Waals surface area contributed by atoms with E-state index in [1.807, 2.05) is 0 Å². The van der Waals surface area contributed by atoms with Crippen molar-refractivity contribution in [2.45, 2.75) is 37.0 Å². The molecule has 0 fully saturated rings. The van der Waals surface area contributed by atoms with Crippen LogP contribution in [0.15, 0.2) is 92.3 Å². The Labute approximate surface area is 343 Å². The molecule has 0 aliphatic carbocycles. The minimum Gasteiger partial charge on any atom is -0.395 e. The SMILES string of the molecule is CS(=O)(=O)CCC(c1ccc(-n2cc(-c3ccnc(N)c3N)cn2)nc1)C(F)(F)F.CS(=O)(=O)CCC(c1ccc(-n2cc(-c3ccnc4nc[nH]c34)cn2)nc1)C(F)(F)F. The average molecular weight is 891 g/mol. The highest BCUT2D eigenvalue weighted by atomic mass is 32.2. The third kappa shape index (κ3) is 11.0. The first-order valence-electron chi connectivity index (χ1n) is 17.9. The quantitative estimate of drug-likeness (QED) is 0.122. The maximum atomic E-state index is 13.4. The normalized spacial score (nSPS) is 13.4. The molecule has 0 radical (unpaired) electrons. The van der Waals surface area contributed by atoms with Crippen molar-refractivity contribution in [1.29, 1.82) is 0 Å². The predicted molar refractivity (Wildman–Crippen MR) is 214 cm³/mol. The summed E-state index contributed by atoms with van der Waals surface area (Å²) in [6.07, 6.45) is 4.79. The van der Waals surface area contributed by atoms with Crippen LogP contribution in [0.3, 0.4) is 0 Å². The van der Waals surface area contributed by atoms with Gasteiger partial charge in [0.2, 0.25) is 0 Å². The van der Waals surface area contributed by atoms with Crippen molar-refractivity contribution < 1.29 is 43.2 Å². The van der Waals surface area contributed by atoms with Crippen LogP contribution in [0.25, 0.3) is 45.1 Å². The van der Waals surface area contributed by atoms with Crippen molar-refractivity contribution in [3.63, 3.8) is 0 Å². The van der Waals surface area contributed by atoms with Gasteiger partial charge in [-0.05, 0) is 48.2 Å². The number of halogens is 6. The number of rotatable bonds is 12. The molecule has 7 aromatic rings. The van der Waals surface area contributed by atoms with Crippen LogP contribution in [-0.2, 0) is 19.7 Å². The topological polar surface area (TPSA) is 236 Å². The second kappa shape index (κ2) is 17.3. The maximum absolute atomic E-state index is 13.4. The Morgan fingerprint density at radius 3 is 1.57 bits per heavy atom. The van der Waals surface area contributed by atoms with Crippen LogP contribution in [-0.4, -0.2) is 103 Å². The molecule has 0 amide bonds. The molecule has 322 valence electrons. The molecule has 0 aliphatic heterocycles. The molecule has 0 spiro atoms. The summed E-state index contributed by atoms with van der Waals surface area (Å²) in [5.74, 6) is -4.18. The van der Waals surface area contributed by atoms with Gasteiger partial charge in [0, 0.05) is 71.9 Å². The van der Waals surface area contributed by atoms with Gasteiger partial charge in [-0.25, -0.2) is 51.1 Å². The lowest BCUT2D eigenvalue weighted by Gasteiger charge is -2.20. The van der Waals surface area contributed by atoms with Gasteiger partial charge < -0.3 is 16.5 Å². The number of fused-ring (bicyclic) bond motifs is 1. The molecule has 7 heterocycles. The van der Waals surface area contributed by atoms with Crippen LogP contribution in [0.5, 0.6) is 0 Å². The first-order valence-corrected chi connectivity index (χ1v) is 22.0. The molecule has 5 N–H and O–H groups in total. The third-order valence-electron chi connectivity index (χ3n) is 9.30. The largest absolute Gasteiger partial charge is 0.395 e. The second-order valence-electron chi connectivity index (χ2n) is 13.9. The molecule has 2 atom stereocenters. The van der Waals surface area contributed by atoms with E-state index in [0.29, 0.717) is 28.3 Å². The van der Waals surface area contributed by atoms with Crippen molar-refractivity contribution in [3.8, 4) is 33.9 Å². The van der Waals surface area contributed by atoms with Gasteiger partial charge in [0.1, 0.15) is 25.5 Å². The number of anilines is 2. The lowest BCUT2D eigenvalue weighted by molar-refractivity contribution is -0.151. The number of nitrogens with two attached hydrogens (primary N) is 2. The Morgan fingerprint density at radius 1 is 0.639 bits per heavy atom. The zero-order valence-corrected chi connectivity index (χ0v) is 33.7. The summed E-state index contributed by atoms with van der Waals surface area (Å²) in [4.78, 5) is 23.3. The van der Waals surface area contributed by atoms with E-state index in [0.717, 1.165) is 41.5 Å². The monoisotopic (exact) mass is 890 g/mol. The predicted octanol–water partition coefficient (Wildman–Crippen LogP) is 5.86. The zero-order chi connectivity index (χ0) is 44.3. The minimum absolute atomic E-state index is 0.0967. The molecule has 24 heteroatoms. The van der Waals surface area contributed by atoms with Crippen LogP contribution in [0, 0.1) is 0 Å². The summed E-state index contributed by atoms with van der Waals surface area (Å²) in [6, 6.07) is 8.83. The molecule has 0 bridgehead atoms. The standard InChI is InChI=1S/C19H17F3N6O2S.C18H19F3N6O2S/c1-31(29,30)7-5-15(19(20,21)22)12-2-3-16(24-8-12)28-10-13(9-27-28)14-4-6-23-18-17(14)25-11-26-18;1-30(28,29)7-5-14(18(19,20)21)11-2-3-15(25-8-11)27-10-12(9-26-27)13-4-6-24-17(23)16(13)22/h2-4,6,8-11,15H,5,7H2,1H3,(H,23,25,26);2-4,6,8-10,14H,5,7,22H2,1H3,(H2,23,24). The zero-order valence-electron chi connectivity index (χ0n) is 32.0. The van der Waals surface area contributed by atoms with E-state index >= 15 is 0 Å². The number of H-pyrrole nitrogens is 1. The molecule has 0 aliphatic rings. The van der Waals surface area contributed by atoms with Crippen molar-refractivity contribution in [2.24, 2.45) is 0 Å². The molecule has 0 saturated heterocycles. The summed E-state index contributed by atoms with van der Waals surface area (Å²) in [7, 11) is -7.05. The first kappa shape index (κ1) is 44.1. The van der Waals surface area contributed by atoms with E-state index in [2.05, 4.69) is 40.1 Å². The first-order chi connectivity index (χ1) is 28.6. The fourth-order valence-electron chi connectivity index (χ4n) is 6.19. The molecule has 16 nitrogen and oxygen atoms in total. The number of aromatic nitrogens is 10. The molecular weight excluding hydrogens is 855 g/mol. The molecule has 2 unspecified atom stereocenters. The fourth-order valence-corrected chi connectivity index (χ4v) is 7.51. The highest BCUT2D eigenvalue weighted by molar-refractivity contribution is 7.90. The van der Waals surface area contributed by atoms with E-state index in [1.165, 1.54) is 52.4 Å². The van der Waals surface area contributed by atoms with Gasteiger partial charge in [0.05, 0.1) is 53.3 Å². The van der Waals surface area contributed by atoms with Gasteiger partial charge in [-0.3, -0.25) is 0 Å². The Hall–Kier alpha value is -6.43. The van der Waals surface area contributed by atoms with Crippen molar-refractivity contribution in [1.82, 2.24) is 49.5 Å². The number of nitrogens with zero attached hydrogens (tertiary/aromatic N) is 9. The van der Waals surface area contributed by atoms with Gasteiger partial charge in [-0.15, -0.1) is 0 Å². The van der Waals surface area contributed by atoms with Gasteiger partial charge in [-0.2, -0.15) is 36.5 Å². The summed E-state index contributed by atoms with van der Waals surface area (Å²) in [6.45, 7) is 0. The second-order valence-corrected chi connectivity index (χ2v) is 18.4. The Morgan fingerprint density at radius 2 is 1.11 bits per heavy atom. The van der Waals surface area contributed by atoms with Gasteiger partial charge >= 0.3 is 12.4 Å². The fraction of sp³-hybridized carbons (Fsp3) is 0.270. The molecular formula is C37H36F6N12O4S2. The lowest BCUT2D eigenvalue weighted by Crippen LogP contribution is -2.23. The van der Waals surface area contributed by atoms with E-state index in [1.54, 1.807) is 36.9 Å². The number of alkyl halides is 6. The van der Waals surface area contributed by atoms with Gasteiger partial charge in [-0.1, -0.05) is 12.1 Å². The van der Waals surface area contributed by atoms with Crippen molar-refractivity contribution in [3.05, 3.63) is 103 Å². The average Bonchev–Trinajstić information content (AvgIpc) is 3.97. The third-order valence-corrected chi connectivity index (χ3v) is 11.2. The van der Waals surface area contributed by atoms with Crippen molar-refractivity contribution in [2.75, 3.05) is 35.5 Å². The number of hydrogen-bond acceptors (Lipinski definition) is 13.